The summed E-state index contributed by atoms with van der Waals surface area (Å²) < 4.78 is 23.0. The van der Waals surface area contributed by atoms with Gasteiger partial charge in [0, 0.05) is 6.04 Å². The normalized spacial score (nSPS) is 13.7. The lowest BCUT2D eigenvalue weighted by Gasteiger charge is -2.18. The van der Waals surface area contributed by atoms with Crippen molar-refractivity contribution in [1.82, 2.24) is 5.32 Å². The molecule has 1 heterocycles. The largest absolute Gasteiger partial charge is 0.463 e. The van der Waals surface area contributed by atoms with E-state index in [0.29, 0.717) is 5.76 Å². The van der Waals surface area contributed by atoms with E-state index in [1.165, 1.54) is 19.2 Å². The Morgan fingerprint density at radius 3 is 2.43 bits per heavy atom. The van der Waals surface area contributed by atoms with E-state index in [0.717, 1.165) is 5.56 Å². The van der Waals surface area contributed by atoms with Crippen molar-refractivity contribution in [2.45, 2.75) is 25.9 Å². The SMILES string of the molecule is COC(=O)c1ccc(C(C)N[C@H](C)c2ccc(F)cc2)o1. The van der Waals surface area contributed by atoms with Crippen molar-refractivity contribution in [2.24, 2.45) is 0 Å². The molecule has 4 nitrogen and oxygen atoms in total. The second kappa shape index (κ2) is 6.54. The maximum absolute atomic E-state index is 12.9. The van der Waals surface area contributed by atoms with Gasteiger partial charge in [0.1, 0.15) is 11.6 Å². The topological polar surface area (TPSA) is 51.5 Å². The lowest BCUT2D eigenvalue weighted by Crippen LogP contribution is -2.22. The van der Waals surface area contributed by atoms with Gasteiger partial charge in [0.05, 0.1) is 13.2 Å². The monoisotopic (exact) mass is 291 g/mol. The number of rotatable bonds is 5. The molecule has 0 aliphatic rings. The maximum Gasteiger partial charge on any atom is 0.373 e. The number of nitrogens with one attached hydrogen (secondary N) is 1. The van der Waals surface area contributed by atoms with E-state index in [4.69, 9.17) is 4.42 Å². The Hall–Kier alpha value is -2.14. The molecule has 0 spiro atoms. The summed E-state index contributed by atoms with van der Waals surface area (Å²) in [5.74, 6) is 0.0627. The fourth-order valence-corrected chi connectivity index (χ4v) is 2.10. The van der Waals surface area contributed by atoms with Gasteiger partial charge in [-0.05, 0) is 43.7 Å². The Morgan fingerprint density at radius 1 is 1.14 bits per heavy atom. The number of esters is 1. The van der Waals surface area contributed by atoms with Crippen molar-refractivity contribution in [3.63, 3.8) is 0 Å². The minimum atomic E-state index is -0.500. The Balaban J connectivity index is 2.03. The number of carbonyl (C=O) groups excluding carboxylic acids is 1. The molecule has 2 atom stereocenters. The summed E-state index contributed by atoms with van der Waals surface area (Å²) in [4.78, 5) is 11.4. The first kappa shape index (κ1) is 15.3. The van der Waals surface area contributed by atoms with Crippen LogP contribution in [-0.4, -0.2) is 13.1 Å². The van der Waals surface area contributed by atoms with Gasteiger partial charge in [-0.3, -0.25) is 0 Å². The first-order valence-corrected chi connectivity index (χ1v) is 6.71. The predicted molar refractivity (Wildman–Crippen MR) is 76.4 cm³/mol. The molecule has 1 N–H and O–H groups in total. The number of halogens is 1. The second-order valence-corrected chi connectivity index (χ2v) is 4.86. The average molecular weight is 291 g/mol. The average Bonchev–Trinajstić information content (AvgIpc) is 2.97. The number of hydrogen-bond acceptors (Lipinski definition) is 4. The molecule has 112 valence electrons. The molecule has 2 rings (SSSR count). The fraction of sp³-hybridized carbons (Fsp3) is 0.312. The van der Waals surface area contributed by atoms with Crippen LogP contribution in [0, 0.1) is 5.82 Å². The summed E-state index contributed by atoms with van der Waals surface area (Å²) >= 11 is 0. The number of benzene rings is 1. The van der Waals surface area contributed by atoms with E-state index < -0.39 is 5.97 Å². The zero-order chi connectivity index (χ0) is 15.4. The molecular weight excluding hydrogens is 273 g/mol. The van der Waals surface area contributed by atoms with E-state index in [-0.39, 0.29) is 23.7 Å². The molecule has 0 radical (unpaired) electrons. The predicted octanol–water partition coefficient (Wildman–Crippen LogP) is 3.62. The van der Waals surface area contributed by atoms with Crippen LogP contribution in [0.1, 0.15) is 47.8 Å². The number of furan rings is 1. The van der Waals surface area contributed by atoms with Gasteiger partial charge in [-0.15, -0.1) is 0 Å². The zero-order valence-corrected chi connectivity index (χ0v) is 12.2. The van der Waals surface area contributed by atoms with Gasteiger partial charge in [-0.25, -0.2) is 9.18 Å². The van der Waals surface area contributed by atoms with Crippen molar-refractivity contribution in [1.29, 1.82) is 0 Å². The molecule has 1 unspecified atom stereocenters. The van der Waals surface area contributed by atoms with Crippen LogP contribution in [0.25, 0.3) is 0 Å². The lowest BCUT2D eigenvalue weighted by atomic mass is 10.1. The van der Waals surface area contributed by atoms with E-state index in [1.54, 1.807) is 24.3 Å². The highest BCUT2D eigenvalue weighted by Crippen LogP contribution is 2.21. The van der Waals surface area contributed by atoms with E-state index in [2.05, 4.69) is 10.1 Å². The summed E-state index contributed by atoms with van der Waals surface area (Å²) in [7, 11) is 1.31. The van der Waals surface area contributed by atoms with Gasteiger partial charge in [-0.2, -0.15) is 0 Å². The second-order valence-electron chi connectivity index (χ2n) is 4.86. The molecule has 0 saturated heterocycles. The molecule has 2 aromatic rings. The van der Waals surface area contributed by atoms with Gasteiger partial charge in [0.2, 0.25) is 5.76 Å². The maximum atomic E-state index is 12.9. The Labute approximate surface area is 122 Å². The quantitative estimate of drug-likeness (QED) is 0.855. The highest BCUT2D eigenvalue weighted by molar-refractivity contribution is 5.86. The molecule has 0 bridgehead atoms. The van der Waals surface area contributed by atoms with Gasteiger partial charge < -0.3 is 14.5 Å². The fourth-order valence-electron chi connectivity index (χ4n) is 2.10. The van der Waals surface area contributed by atoms with Crippen LogP contribution in [0.2, 0.25) is 0 Å². The van der Waals surface area contributed by atoms with Crippen LogP contribution in [0.3, 0.4) is 0 Å². The number of ether oxygens (including phenoxy) is 1. The summed E-state index contributed by atoms with van der Waals surface area (Å²) in [5.41, 5.74) is 0.975. The Kier molecular flexibility index (Phi) is 4.75. The van der Waals surface area contributed by atoms with E-state index in [1.807, 2.05) is 13.8 Å². The molecule has 0 fully saturated rings. The molecule has 21 heavy (non-hydrogen) atoms. The Bertz CT molecular complexity index is 606. The highest BCUT2D eigenvalue weighted by atomic mass is 19.1. The first-order chi connectivity index (χ1) is 10.0. The van der Waals surface area contributed by atoms with Crippen molar-refractivity contribution in [3.05, 3.63) is 59.3 Å². The third kappa shape index (κ3) is 3.70. The van der Waals surface area contributed by atoms with E-state index >= 15 is 0 Å². The van der Waals surface area contributed by atoms with Crippen molar-refractivity contribution in [2.75, 3.05) is 7.11 Å². The zero-order valence-electron chi connectivity index (χ0n) is 12.2. The van der Waals surface area contributed by atoms with Crippen LogP contribution in [-0.2, 0) is 4.74 Å². The standard InChI is InChI=1S/C16H18FNO3/c1-10(12-4-6-13(17)7-5-12)18-11(2)14-8-9-15(21-14)16(19)20-3/h4-11,18H,1-3H3/t10-,11?/m1/s1. The van der Waals surface area contributed by atoms with Gasteiger partial charge >= 0.3 is 5.97 Å². The van der Waals surface area contributed by atoms with E-state index in [9.17, 15) is 9.18 Å². The summed E-state index contributed by atoms with van der Waals surface area (Å²) in [6.07, 6.45) is 0. The number of hydrogen-bond donors (Lipinski definition) is 1. The van der Waals surface area contributed by atoms with Gasteiger partial charge in [0.25, 0.3) is 0 Å². The smallest absolute Gasteiger partial charge is 0.373 e. The van der Waals surface area contributed by atoms with Crippen molar-refractivity contribution < 1.29 is 18.3 Å². The van der Waals surface area contributed by atoms with Crippen LogP contribution < -0.4 is 5.32 Å². The van der Waals surface area contributed by atoms with Crippen LogP contribution in [0.4, 0.5) is 4.39 Å². The van der Waals surface area contributed by atoms with Crippen LogP contribution in [0.5, 0.6) is 0 Å². The third-order valence-corrected chi connectivity index (χ3v) is 3.31. The molecular formula is C16H18FNO3. The van der Waals surface area contributed by atoms with Gasteiger partial charge in [0.15, 0.2) is 0 Å². The third-order valence-electron chi connectivity index (χ3n) is 3.31. The molecule has 1 aromatic heterocycles. The molecule has 1 aromatic carbocycles. The molecule has 0 aliphatic carbocycles. The Morgan fingerprint density at radius 2 is 1.81 bits per heavy atom. The van der Waals surface area contributed by atoms with Crippen LogP contribution in [0.15, 0.2) is 40.8 Å². The summed E-state index contributed by atoms with van der Waals surface area (Å²) in [6.45, 7) is 3.91. The molecule has 0 saturated carbocycles. The lowest BCUT2D eigenvalue weighted by molar-refractivity contribution is 0.0562. The first-order valence-electron chi connectivity index (χ1n) is 6.71. The summed E-state index contributed by atoms with van der Waals surface area (Å²) in [6, 6.07) is 9.59. The number of methoxy groups -OCH3 is 1. The van der Waals surface area contributed by atoms with Gasteiger partial charge in [-0.1, -0.05) is 12.1 Å². The minimum Gasteiger partial charge on any atom is -0.463 e. The molecule has 0 aliphatic heterocycles. The van der Waals surface area contributed by atoms with Crippen molar-refractivity contribution in [3.8, 4) is 0 Å². The molecule has 0 amide bonds. The van der Waals surface area contributed by atoms with Crippen LogP contribution >= 0.6 is 0 Å². The summed E-state index contributed by atoms with van der Waals surface area (Å²) in [5, 5.41) is 3.33. The van der Waals surface area contributed by atoms with Crippen molar-refractivity contribution >= 4 is 5.97 Å². The molecule has 5 heteroatoms. The highest BCUT2D eigenvalue weighted by Gasteiger charge is 2.17. The number of carbonyl (C=O) groups is 1. The minimum absolute atomic E-state index is 0.0206.